The minimum absolute atomic E-state index is 0.376. The van der Waals surface area contributed by atoms with Gasteiger partial charge in [0.05, 0.1) is 5.56 Å². The normalized spacial score (nSPS) is 11.0. The van der Waals surface area contributed by atoms with E-state index in [1.54, 1.807) is 18.2 Å². The molecule has 4 nitrogen and oxygen atoms in total. The van der Waals surface area contributed by atoms with E-state index in [1.807, 2.05) is 81.4 Å². The molecule has 3 rings (SSSR count). The molecule has 3 aromatic rings. The van der Waals surface area contributed by atoms with Crippen molar-refractivity contribution in [2.24, 2.45) is 0 Å². The van der Waals surface area contributed by atoms with Crippen molar-refractivity contribution in [1.82, 2.24) is 0 Å². The van der Waals surface area contributed by atoms with E-state index >= 15 is 0 Å². The quantitative estimate of drug-likeness (QED) is 0.286. The van der Waals surface area contributed by atoms with Crippen LogP contribution in [0, 0.1) is 0 Å². The number of carbonyl (C=O) groups is 1. The van der Waals surface area contributed by atoms with Gasteiger partial charge in [-0.2, -0.15) is 0 Å². The van der Waals surface area contributed by atoms with Gasteiger partial charge < -0.3 is 14.2 Å². The second-order valence-electron chi connectivity index (χ2n) is 8.49. The third-order valence-electron chi connectivity index (χ3n) is 4.63. The largest absolute Gasteiger partial charge is 0.488 e. The molecule has 0 radical (unpaired) electrons. The molecule has 0 aliphatic carbocycles. The zero-order chi connectivity index (χ0) is 23.0. The highest BCUT2D eigenvalue weighted by atomic mass is 16.6. The van der Waals surface area contributed by atoms with Gasteiger partial charge in [-0.3, -0.25) is 0 Å². The van der Waals surface area contributed by atoms with E-state index in [0.717, 1.165) is 16.7 Å². The van der Waals surface area contributed by atoms with Crippen LogP contribution in [0.1, 0.15) is 47.8 Å². The fourth-order valence-electron chi connectivity index (χ4n) is 3.15. The van der Waals surface area contributed by atoms with Crippen molar-refractivity contribution in [3.05, 3.63) is 108 Å². The molecular weight excluding hydrogens is 400 g/mol. The Hall–Kier alpha value is -3.53. The summed E-state index contributed by atoms with van der Waals surface area (Å²) in [6, 6.07) is 23.2. The first-order valence-electron chi connectivity index (χ1n) is 10.7. The summed E-state index contributed by atoms with van der Waals surface area (Å²) in [5, 5.41) is 0. The van der Waals surface area contributed by atoms with E-state index in [2.05, 4.69) is 6.58 Å². The average molecular weight is 431 g/mol. The minimum atomic E-state index is -0.604. The molecule has 0 aromatic heterocycles. The van der Waals surface area contributed by atoms with Crippen molar-refractivity contribution in [2.75, 3.05) is 0 Å². The van der Waals surface area contributed by atoms with Gasteiger partial charge in [0.25, 0.3) is 0 Å². The van der Waals surface area contributed by atoms with Gasteiger partial charge in [-0.25, -0.2) is 4.79 Å². The molecule has 0 aliphatic heterocycles. The lowest BCUT2D eigenvalue weighted by Crippen LogP contribution is -2.24. The topological polar surface area (TPSA) is 44.8 Å². The Bertz CT molecular complexity index is 970. The van der Waals surface area contributed by atoms with Gasteiger partial charge in [-0.1, -0.05) is 66.7 Å². The molecule has 0 saturated heterocycles. The maximum absolute atomic E-state index is 12.8. The molecule has 0 heterocycles. The van der Waals surface area contributed by atoms with Crippen molar-refractivity contribution in [2.45, 2.75) is 46.0 Å². The maximum Gasteiger partial charge on any atom is 0.338 e. The molecular formula is C28H30O4. The zero-order valence-electron chi connectivity index (χ0n) is 19.0. The lowest BCUT2D eigenvalue weighted by atomic mass is 10.0. The molecule has 0 bridgehead atoms. The summed E-state index contributed by atoms with van der Waals surface area (Å²) in [5.41, 5.74) is 2.70. The zero-order valence-corrected chi connectivity index (χ0v) is 19.0. The number of hydrogen-bond acceptors (Lipinski definition) is 4. The highest BCUT2D eigenvalue weighted by molar-refractivity contribution is 5.91. The number of hydrogen-bond donors (Lipinski definition) is 0. The van der Waals surface area contributed by atoms with Crippen LogP contribution in [0.4, 0.5) is 0 Å². The van der Waals surface area contributed by atoms with Crippen LogP contribution in [0.15, 0.2) is 85.5 Å². The summed E-state index contributed by atoms with van der Waals surface area (Å²) < 4.78 is 17.9. The second kappa shape index (κ2) is 10.7. The van der Waals surface area contributed by atoms with Gasteiger partial charge in [-0.15, -0.1) is 6.58 Å². The van der Waals surface area contributed by atoms with Crippen LogP contribution in [0.3, 0.4) is 0 Å². The van der Waals surface area contributed by atoms with Crippen molar-refractivity contribution < 1.29 is 19.0 Å². The van der Waals surface area contributed by atoms with Gasteiger partial charge in [-0.05, 0) is 50.5 Å². The monoisotopic (exact) mass is 430 g/mol. The SMILES string of the molecule is C=CCc1c(OCc2ccccc2)cc(C(=O)OC(C)(C)C)cc1OCc1ccccc1. The fraction of sp³-hybridized carbons (Fsp3) is 0.250. The smallest absolute Gasteiger partial charge is 0.338 e. The Morgan fingerprint density at radius 1 is 0.844 bits per heavy atom. The molecule has 0 fully saturated rings. The Kier molecular flexibility index (Phi) is 7.72. The third kappa shape index (κ3) is 6.74. The van der Waals surface area contributed by atoms with E-state index in [-0.39, 0.29) is 0 Å². The molecule has 0 N–H and O–H groups in total. The fourth-order valence-corrected chi connectivity index (χ4v) is 3.15. The molecule has 0 aliphatic rings. The molecule has 4 heteroatoms. The van der Waals surface area contributed by atoms with Crippen molar-refractivity contribution in [3.8, 4) is 11.5 Å². The van der Waals surface area contributed by atoms with Crippen LogP contribution in [-0.2, 0) is 24.4 Å². The molecule has 0 unspecified atom stereocenters. The van der Waals surface area contributed by atoms with Crippen molar-refractivity contribution >= 4 is 5.97 Å². The highest BCUT2D eigenvalue weighted by Gasteiger charge is 2.22. The highest BCUT2D eigenvalue weighted by Crippen LogP contribution is 2.33. The standard InChI is InChI=1S/C28H30O4/c1-5-12-24-25(30-19-21-13-8-6-9-14-21)17-23(27(29)32-28(2,3)4)18-26(24)31-20-22-15-10-7-11-16-22/h5-11,13-18H,1,12,19-20H2,2-4H3. The number of carbonyl (C=O) groups excluding carboxylic acids is 1. The van der Waals surface area contributed by atoms with Gasteiger partial charge in [0.15, 0.2) is 0 Å². The van der Waals surface area contributed by atoms with Gasteiger partial charge in [0.1, 0.15) is 30.3 Å². The summed E-state index contributed by atoms with van der Waals surface area (Å²) in [6.07, 6.45) is 2.34. The number of benzene rings is 3. The van der Waals surface area contributed by atoms with Crippen LogP contribution < -0.4 is 9.47 Å². The summed E-state index contributed by atoms with van der Waals surface area (Å²) in [5.74, 6) is 0.747. The molecule has 32 heavy (non-hydrogen) atoms. The average Bonchev–Trinajstić information content (AvgIpc) is 2.77. The summed E-state index contributed by atoms with van der Waals surface area (Å²) in [7, 11) is 0. The Balaban J connectivity index is 1.95. The Morgan fingerprint density at radius 2 is 1.31 bits per heavy atom. The molecule has 0 saturated carbocycles. The van der Waals surface area contributed by atoms with Crippen molar-refractivity contribution in [1.29, 1.82) is 0 Å². The van der Waals surface area contributed by atoms with E-state index in [0.29, 0.717) is 36.7 Å². The number of ether oxygens (including phenoxy) is 3. The predicted octanol–water partition coefficient (Wildman–Crippen LogP) is 6.53. The van der Waals surface area contributed by atoms with Crippen LogP contribution in [0.5, 0.6) is 11.5 Å². The van der Waals surface area contributed by atoms with Crippen LogP contribution in [0.2, 0.25) is 0 Å². The lowest BCUT2D eigenvalue weighted by molar-refractivity contribution is 0.00685. The number of allylic oxidation sites excluding steroid dienone is 1. The van der Waals surface area contributed by atoms with Crippen LogP contribution >= 0.6 is 0 Å². The first-order valence-corrected chi connectivity index (χ1v) is 10.7. The first kappa shape index (κ1) is 23.1. The summed E-state index contributed by atoms with van der Waals surface area (Å²) in [6.45, 7) is 10.2. The van der Waals surface area contributed by atoms with E-state index in [9.17, 15) is 4.79 Å². The van der Waals surface area contributed by atoms with Gasteiger partial charge in [0, 0.05) is 5.56 Å². The van der Waals surface area contributed by atoms with E-state index in [4.69, 9.17) is 14.2 Å². The first-order chi connectivity index (χ1) is 15.4. The van der Waals surface area contributed by atoms with Gasteiger partial charge in [0.2, 0.25) is 0 Å². The van der Waals surface area contributed by atoms with E-state index in [1.165, 1.54) is 0 Å². The third-order valence-corrected chi connectivity index (χ3v) is 4.63. The lowest BCUT2D eigenvalue weighted by Gasteiger charge is -2.21. The molecule has 0 spiro atoms. The van der Waals surface area contributed by atoms with Crippen LogP contribution in [0.25, 0.3) is 0 Å². The molecule has 0 amide bonds. The maximum atomic E-state index is 12.8. The van der Waals surface area contributed by atoms with E-state index < -0.39 is 11.6 Å². The minimum Gasteiger partial charge on any atom is -0.488 e. The summed E-state index contributed by atoms with van der Waals surface area (Å²) >= 11 is 0. The summed E-state index contributed by atoms with van der Waals surface area (Å²) in [4.78, 5) is 12.8. The Morgan fingerprint density at radius 3 is 1.72 bits per heavy atom. The van der Waals surface area contributed by atoms with Crippen molar-refractivity contribution in [3.63, 3.8) is 0 Å². The Labute approximate surface area is 190 Å². The predicted molar refractivity (Wildman–Crippen MR) is 127 cm³/mol. The van der Waals surface area contributed by atoms with Gasteiger partial charge >= 0.3 is 5.97 Å². The second-order valence-corrected chi connectivity index (χ2v) is 8.49. The number of esters is 1. The molecule has 0 atom stereocenters. The molecule has 166 valence electrons. The number of rotatable bonds is 9. The molecule has 3 aromatic carbocycles. The van der Waals surface area contributed by atoms with Crippen LogP contribution in [-0.4, -0.2) is 11.6 Å².